The molecule has 1 atom stereocenters. The van der Waals surface area contributed by atoms with Gasteiger partial charge in [0.1, 0.15) is 6.07 Å². The lowest BCUT2D eigenvalue weighted by Crippen LogP contribution is -2.49. The minimum Gasteiger partial charge on any atom is -0.381 e. The highest BCUT2D eigenvalue weighted by molar-refractivity contribution is 7.18. The first-order chi connectivity index (χ1) is 27.5. The molecule has 1 aromatic carbocycles. The fraction of sp³-hybridized carbons (Fsp3) is 0.439. The zero-order valence-electron chi connectivity index (χ0n) is 31.3. The summed E-state index contributed by atoms with van der Waals surface area (Å²) in [6, 6.07) is 18.7. The zero-order chi connectivity index (χ0) is 38.0. The van der Waals surface area contributed by atoms with Gasteiger partial charge in [-0.05, 0) is 80.0 Å². The maximum Gasteiger partial charge on any atom is 0.234 e. The van der Waals surface area contributed by atoms with Gasteiger partial charge < -0.3 is 19.9 Å². The molecule has 15 heteroatoms. The van der Waals surface area contributed by atoms with Crippen molar-refractivity contribution in [2.45, 2.75) is 50.5 Å². The Morgan fingerprint density at radius 3 is 2.46 bits per heavy atom. The summed E-state index contributed by atoms with van der Waals surface area (Å²) in [5, 5.41) is 31.2. The molecule has 0 spiro atoms. The van der Waals surface area contributed by atoms with Gasteiger partial charge in [-0.15, -0.1) is 10.2 Å². The van der Waals surface area contributed by atoms with E-state index in [1.54, 1.807) is 17.5 Å². The number of benzene rings is 1. The van der Waals surface area contributed by atoms with E-state index in [1.807, 2.05) is 28.9 Å². The Bertz CT molecular complexity index is 2240. The van der Waals surface area contributed by atoms with Crippen LogP contribution >= 0.6 is 11.3 Å². The number of carbonyl (C=O) groups is 2. The first kappa shape index (κ1) is 36.2. The molecule has 0 unspecified atom stereocenters. The average Bonchev–Trinajstić information content (AvgIpc) is 3.90. The number of hydrogen-bond acceptors (Lipinski definition) is 13. The summed E-state index contributed by atoms with van der Waals surface area (Å²) in [6.45, 7) is 8.47. The smallest absolute Gasteiger partial charge is 0.234 e. The van der Waals surface area contributed by atoms with E-state index in [0.717, 1.165) is 129 Å². The Kier molecular flexibility index (Phi) is 10.3. The quantitative estimate of drug-likeness (QED) is 0.195. The van der Waals surface area contributed by atoms with E-state index in [0.29, 0.717) is 24.3 Å². The first-order valence-electron chi connectivity index (χ1n) is 19.7. The lowest BCUT2D eigenvalue weighted by atomic mass is 9.90. The van der Waals surface area contributed by atoms with Crippen molar-refractivity contribution in [1.82, 2.24) is 35.0 Å². The second kappa shape index (κ2) is 16.0. The van der Waals surface area contributed by atoms with Crippen molar-refractivity contribution in [2.24, 2.45) is 5.92 Å². The summed E-state index contributed by atoms with van der Waals surface area (Å²) in [6.07, 6.45) is 8.61. The highest BCUT2D eigenvalue weighted by Crippen LogP contribution is 2.37. The molecule has 4 aliphatic heterocycles. The van der Waals surface area contributed by atoms with E-state index < -0.39 is 0 Å². The molecule has 9 rings (SSSR count). The van der Waals surface area contributed by atoms with Gasteiger partial charge in [-0.3, -0.25) is 24.8 Å². The van der Waals surface area contributed by atoms with Gasteiger partial charge in [-0.1, -0.05) is 23.5 Å². The lowest BCUT2D eigenvalue weighted by molar-refractivity contribution is -0.134. The van der Waals surface area contributed by atoms with Crippen LogP contribution in [-0.2, 0) is 14.3 Å². The van der Waals surface area contributed by atoms with E-state index in [2.05, 4.69) is 77.0 Å². The van der Waals surface area contributed by atoms with Crippen molar-refractivity contribution < 1.29 is 14.3 Å². The summed E-state index contributed by atoms with van der Waals surface area (Å²) < 4.78 is 7.45. The molecule has 56 heavy (non-hydrogen) atoms. The molecule has 2 N–H and O–H groups in total. The third kappa shape index (κ3) is 7.69. The van der Waals surface area contributed by atoms with Crippen LogP contribution in [0.25, 0.3) is 27.5 Å². The van der Waals surface area contributed by atoms with Gasteiger partial charge in [0.15, 0.2) is 5.01 Å². The monoisotopic (exact) mass is 771 g/mol. The molecule has 0 radical (unpaired) electrons. The van der Waals surface area contributed by atoms with Gasteiger partial charge >= 0.3 is 0 Å². The lowest BCUT2D eigenvalue weighted by Gasteiger charge is -2.39. The second-order valence-corrected chi connectivity index (χ2v) is 16.2. The normalized spacial score (nSPS) is 20.3. The fourth-order valence-corrected chi connectivity index (χ4v) is 9.36. The standard InChI is InChI=1S/C41H45N11O3S/c42-23-28-21-32-5-7-37(52(32)44-24-28)36-22-35(45-30-11-19-55-20-12-30)34(25-43-36)40-47-48-41(56-40)51-17-15-49(16-18-51)26-27-9-13-50(14-10-27)31-3-1-29(2-4-31)33-6-8-38(53)46-39(33)54/h1-5,7,21-22,24-25,27,30,33H,6,8-20,26H2,(H,43,45)(H,46,53,54)/t33-/m0/s1. The largest absolute Gasteiger partial charge is 0.381 e. The number of pyridine rings is 1. The molecule has 14 nitrogen and oxygen atoms in total. The molecule has 8 heterocycles. The number of fused-ring (bicyclic) bond motifs is 1. The summed E-state index contributed by atoms with van der Waals surface area (Å²) in [7, 11) is 0. The predicted molar refractivity (Wildman–Crippen MR) is 215 cm³/mol. The molecule has 4 saturated heterocycles. The summed E-state index contributed by atoms with van der Waals surface area (Å²) in [5.74, 6) is 0.0614. The van der Waals surface area contributed by atoms with Crippen LogP contribution in [0.4, 0.5) is 16.5 Å². The predicted octanol–water partition coefficient (Wildman–Crippen LogP) is 4.94. The van der Waals surface area contributed by atoms with E-state index in [4.69, 9.17) is 9.72 Å². The fourth-order valence-electron chi connectivity index (χ4n) is 8.44. The molecule has 0 aliphatic carbocycles. The maximum absolute atomic E-state index is 12.3. The van der Waals surface area contributed by atoms with Crippen LogP contribution in [0.1, 0.15) is 55.6 Å². The van der Waals surface area contributed by atoms with Crippen LogP contribution in [0.3, 0.4) is 0 Å². The third-order valence-electron chi connectivity index (χ3n) is 11.7. The molecular weight excluding hydrogens is 727 g/mol. The number of aromatic nitrogens is 5. The highest BCUT2D eigenvalue weighted by Gasteiger charge is 2.29. The van der Waals surface area contributed by atoms with Crippen molar-refractivity contribution in [2.75, 3.05) is 74.1 Å². The van der Waals surface area contributed by atoms with Crippen LogP contribution in [0.15, 0.2) is 60.9 Å². The second-order valence-electron chi connectivity index (χ2n) is 15.3. The minimum atomic E-state index is -0.244. The van der Waals surface area contributed by atoms with Crippen LogP contribution in [-0.4, -0.2) is 107 Å². The van der Waals surface area contributed by atoms with E-state index in [1.165, 1.54) is 5.69 Å². The number of piperidine rings is 2. The van der Waals surface area contributed by atoms with Crippen LogP contribution in [0.2, 0.25) is 0 Å². The van der Waals surface area contributed by atoms with Gasteiger partial charge in [-0.2, -0.15) is 10.4 Å². The number of imide groups is 1. The van der Waals surface area contributed by atoms with E-state index >= 15 is 0 Å². The Hall–Kier alpha value is -5.43. The van der Waals surface area contributed by atoms with Gasteiger partial charge in [0, 0.05) is 89.1 Å². The molecular formula is C41H45N11O3S. The molecule has 5 aromatic rings. The number of ether oxygens (including phenoxy) is 1. The topological polar surface area (TPSA) is 157 Å². The Morgan fingerprint density at radius 1 is 0.893 bits per heavy atom. The van der Waals surface area contributed by atoms with Crippen molar-refractivity contribution >= 4 is 45.2 Å². The number of rotatable bonds is 9. The summed E-state index contributed by atoms with van der Waals surface area (Å²) in [4.78, 5) is 36.2. The number of carbonyl (C=O) groups excluding carboxylic acids is 2. The van der Waals surface area contributed by atoms with Gasteiger partial charge in [0.2, 0.25) is 16.9 Å². The first-order valence-corrected chi connectivity index (χ1v) is 20.5. The van der Waals surface area contributed by atoms with Crippen LogP contribution < -0.4 is 20.4 Å². The van der Waals surface area contributed by atoms with Crippen molar-refractivity contribution in [3.8, 4) is 28.0 Å². The molecule has 4 aliphatic rings. The number of nitriles is 1. The third-order valence-corrected chi connectivity index (χ3v) is 12.7. The van der Waals surface area contributed by atoms with Gasteiger partial charge in [0.25, 0.3) is 0 Å². The Labute approximate surface area is 329 Å². The van der Waals surface area contributed by atoms with E-state index in [9.17, 15) is 14.9 Å². The summed E-state index contributed by atoms with van der Waals surface area (Å²) in [5.41, 5.74) is 7.08. The highest BCUT2D eigenvalue weighted by atomic mass is 32.1. The summed E-state index contributed by atoms with van der Waals surface area (Å²) >= 11 is 1.62. The van der Waals surface area contributed by atoms with Crippen LogP contribution in [0.5, 0.6) is 0 Å². The maximum atomic E-state index is 12.3. The molecule has 0 saturated carbocycles. The molecule has 288 valence electrons. The number of piperazine rings is 1. The van der Waals surface area contributed by atoms with Crippen molar-refractivity contribution in [1.29, 1.82) is 5.26 Å². The molecule has 0 bridgehead atoms. The SMILES string of the molecule is N#Cc1cnn2c(-c3cc(NC4CCOCC4)c(-c4nnc(N5CCN(CC6CCN(c7ccc([C@@H]8CCC(=O)NC8=O)cc7)CC6)CC5)s4)cn3)ccc2c1. The Morgan fingerprint density at radius 2 is 1.70 bits per heavy atom. The number of amides is 2. The molecule has 4 fully saturated rings. The van der Waals surface area contributed by atoms with Crippen LogP contribution in [0, 0.1) is 17.2 Å². The van der Waals surface area contributed by atoms with Crippen molar-refractivity contribution in [3.05, 3.63) is 72.1 Å². The number of anilines is 3. The average molecular weight is 772 g/mol. The van der Waals surface area contributed by atoms with Crippen molar-refractivity contribution in [3.63, 3.8) is 0 Å². The molecule has 4 aromatic heterocycles. The minimum absolute atomic E-state index is 0.178. The zero-order valence-corrected chi connectivity index (χ0v) is 32.1. The van der Waals surface area contributed by atoms with Gasteiger partial charge in [-0.25, -0.2) is 4.52 Å². The number of hydrogen-bond donors (Lipinski definition) is 2. The number of nitrogens with one attached hydrogen (secondary N) is 2. The number of nitrogens with zero attached hydrogens (tertiary/aromatic N) is 9. The Balaban J connectivity index is 0.810. The van der Waals surface area contributed by atoms with Gasteiger partial charge in [0.05, 0.1) is 40.1 Å². The van der Waals surface area contributed by atoms with E-state index in [-0.39, 0.29) is 23.8 Å². The molecule has 2 amide bonds.